The first-order chi connectivity index (χ1) is 9.72. The molecule has 0 spiro atoms. The Labute approximate surface area is 123 Å². The lowest BCUT2D eigenvalue weighted by Crippen LogP contribution is -2.17. The van der Waals surface area contributed by atoms with Crippen LogP contribution < -0.4 is 5.32 Å². The van der Waals surface area contributed by atoms with E-state index in [-0.39, 0.29) is 0 Å². The van der Waals surface area contributed by atoms with Crippen LogP contribution in [-0.2, 0) is 6.54 Å². The van der Waals surface area contributed by atoms with Crippen molar-refractivity contribution in [3.05, 3.63) is 64.7 Å². The molecule has 3 heteroatoms. The van der Waals surface area contributed by atoms with E-state index >= 15 is 0 Å². The van der Waals surface area contributed by atoms with Crippen LogP contribution in [0.3, 0.4) is 0 Å². The molecule has 3 rings (SSSR count). The Kier molecular flexibility index (Phi) is 3.81. The van der Waals surface area contributed by atoms with E-state index in [4.69, 9.17) is 0 Å². The third-order valence-corrected chi connectivity index (χ3v) is 4.51. The minimum absolute atomic E-state index is 0.336. The van der Waals surface area contributed by atoms with Gasteiger partial charge in [-0.2, -0.15) is 0 Å². The summed E-state index contributed by atoms with van der Waals surface area (Å²) < 4.78 is 1.26. The normalized spacial score (nSPS) is 12.7. The summed E-state index contributed by atoms with van der Waals surface area (Å²) in [5.41, 5.74) is 3.71. The van der Waals surface area contributed by atoms with Crippen LogP contribution in [0, 0.1) is 6.92 Å². The molecule has 1 atom stereocenters. The van der Waals surface area contributed by atoms with Gasteiger partial charge in [-0.15, -0.1) is 11.3 Å². The van der Waals surface area contributed by atoms with Gasteiger partial charge in [0.15, 0.2) is 0 Å². The first kappa shape index (κ1) is 13.3. The number of aromatic nitrogens is 1. The molecule has 3 aromatic rings. The van der Waals surface area contributed by atoms with Gasteiger partial charge in [0, 0.05) is 12.6 Å². The van der Waals surface area contributed by atoms with Crippen LogP contribution in [0.4, 0.5) is 0 Å². The maximum atomic E-state index is 4.65. The van der Waals surface area contributed by atoms with Crippen molar-refractivity contribution < 1.29 is 0 Å². The van der Waals surface area contributed by atoms with E-state index < -0.39 is 0 Å². The maximum Gasteiger partial charge on any atom is 0.108 e. The first-order valence-electron chi connectivity index (χ1n) is 6.87. The van der Waals surface area contributed by atoms with Crippen molar-refractivity contribution in [2.45, 2.75) is 26.4 Å². The number of hydrogen-bond donors (Lipinski definition) is 1. The van der Waals surface area contributed by atoms with E-state index in [1.165, 1.54) is 15.8 Å². The number of hydrogen-bond acceptors (Lipinski definition) is 3. The van der Waals surface area contributed by atoms with Crippen LogP contribution in [0.5, 0.6) is 0 Å². The molecule has 0 saturated carbocycles. The number of nitrogens with zero attached hydrogens (tertiary/aromatic N) is 1. The number of fused-ring (bicyclic) bond motifs is 1. The summed E-state index contributed by atoms with van der Waals surface area (Å²) in [7, 11) is 0. The van der Waals surface area contributed by atoms with Gasteiger partial charge in [-0.3, -0.25) is 0 Å². The Morgan fingerprint density at radius 3 is 2.60 bits per heavy atom. The Morgan fingerprint density at radius 2 is 1.85 bits per heavy atom. The molecule has 102 valence electrons. The molecule has 0 saturated heterocycles. The van der Waals surface area contributed by atoms with Crippen LogP contribution in [0.2, 0.25) is 0 Å². The molecule has 0 aliphatic heterocycles. The van der Waals surface area contributed by atoms with Crippen LogP contribution >= 0.6 is 11.3 Å². The van der Waals surface area contributed by atoms with E-state index in [9.17, 15) is 0 Å². The molecule has 1 N–H and O–H groups in total. The number of benzene rings is 2. The smallest absolute Gasteiger partial charge is 0.108 e. The molecule has 1 heterocycles. The topological polar surface area (TPSA) is 24.9 Å². The summed E-state index contributed by atoms with van der Waals surface area (Å²) in [4.78, 5) is 4.65. The molecule has 0 aliphatic rings. The van der Waals surface area contributed by atoms with E-state index in [0.29, 0.717) is 6.04 Å². The molecule has 0 aliphatic carbocycles. The average Bonchev–Trinajstić information content (AvgIpc) is 2.88. The molecule has 0 fully saturated rings. The Hall–Kier alpha value is -1.71. The minimum atomic E-state index is 0.336. The lowest BCUT2D eigenvalue weighted by molar-refractivity contribution is 0.573. The van der Waals surface area contributed by atoms with Crippen LogP contribution in [0.1, 0.15) is 29.1 Å². The number of nitrogens with one attached hydrogen (secondary N) is 1. The van der Waals surface area contributed by atoms with Crippen LogP contribution in [0.25, 0.3) is 10.2 Å². The molecular formula is C17H18N2S. The highest BCUT2D eigenvalue weighted by Gasteiger charge is 2.07. The number of para-hydroxylation sites is 1. The molecule has 0 amide bonds. The molecule has 1 aromatic heterocycles. The second-order valence-corrected chi connectivity index (χ2v) is 6.20. The Balaban J connectivity index is 1.68. The van der Waals surface area contributed by atoms with E-state index in [0.717, 1.165) is 17.1 Å². The molecule has 0 unspecified atom stereocenters. The maximum absolute atomic E-state index is 4.65. The zero-order valence-electron chi connectivity index (χ0n) is 11.8. The van der Waals surface area contributed by atoms with Gasteiger partial charge < -0.3 is 5.32 Å². The van der Waals surface area contributed by atoms with Gasteiger partial charge in [-0.1, -0.05) is 42.0 Å². The summed E-state index contributed by atoms with van der Waals surface area (Å²) in [6.07, 6.45) is 0. The highest BCUT2D eigenvalue weighted by Crippen LogP contribution is 2.22. The highest BCUT2D eigenvalue weighted by molar-refractivity contribution is 7.18. The van der Waals surface area contributed by atoms with E-state index in [2.05, 4.69) is 66.6 Å². The predicted octanol–water partition coefficient (Wildman–Crippen LogP) is 4.46. The second-order valence-electron chi connectivity index (χ2n) is 5.09. The molecule has 0 bridgehead atoms. The second kappa shape index (κ2) is 5.73. The minimum Gasteiger partial charge on any atom is -0.304 e. The van der Waals surface area contributed by atoms with Crippen molar-refractivity contribution in [3.63, 3.8) is 0 Å². The average molecular weight is 282 g/mol. The van der Waals surface area contributed by atoms with Crippen molar-refractivity contribution in [1.29, 1.82) is 0 Å². The first-order valence-corrected chi connectivity index (χ1v) is 7.68. The van der Waals surface area contributed by atoms with Crippen molar-refractivity contribution in [3.8, 4) is 0 Å². The third kappa shape index (κ3) is 2.89. The van der Waals surface area contributed by atoms with E-state index in [1.54, 1.807) is 11.3 Å². The van der Waals surface area contributed by atoms with Gasteiger partial charge in [-0.05, 0) is 31.5 Å². The van der Waals surface area contributed by atoms with Gasteiger partial charge >= 0.3 is 0 Å². The molecule has 0 radical (unpaired) electrons. The standard InChI is InChI=1S/C17H18N2S/c1-12-7-9-14(10-8-12)13(2)18-11-17-19-15-5-3-4-6-16(15)20-17/h3-10,13,18H,11H2,1-2H3/t13-/m0/s1. The SMILES string of the molecule is Cc1ccc([C@H](C)NCc2nc3ccccc3s2)cc1. The van der Waals surface area contributed by atoms with Crippen molar-refractivity contribution in [2.24, 2.45) is 0 Å². The van der Waals surface area contributed by atoms with Crippen molar-refractivity contribution >= 4 is 21.6 Å². The lowest BCUT2D eigenvalue weighted by atomic mass is 10.1. The van der Waals surface area contributed by atoms with Crippen molar-refractivity contribution in [2.75, 3.05) is 0 Å². The lowest BCUT2D eigenvalue weighted by Gasteiger charge is -2.13. The number of aryl methyl sites for hydroxylation is 1. The van der Waals surface area contributed by atoms with Crippen LogP contribution in [0.15, 0.2) is 48.5 Å². The van der Waals surface area contributed by atoms with Gasteiger partial charge in [0.2, 0.25) is 0 Å². The summed E-state index contributed by atoms with van der Waals surface area (Å²) in [6, 6.07) is 17.3. The van der Waals surface area contributed by atoms with Gasteiger partial charge in [-0.25, -0.2) is 4.98 Å². The number of rotatable bonds is 4. The quantitative estimate of drug-likeness (QED) is 0.764. The molecule has 2 nitrogen and oxygen atoms in total. The van der Waals surface area contributed by atoms with Gasteiger partial charge in [0.1, 0.15) is 5.01 Å². The molecule has 2 aromatic carbocycles. The largest absolute Gasteiger partial charge is 0.304 e. The monoisotopic (exact) mass is 282 g/mol. The van der Waals surface area contributed by atoms with Gasteiger partial charge in [0.05, 0.1) is 10.2 Å². The summed E-state index contributed by atoms with van der Waals surface area (Å²) in [6.45, 7) is 5.12. The van der Waals surface area contributed by atoms with E-state index in [1.807, 2.05) is 6.07 Å². The third-order valence-electron chi connectivity index (χ3n) is 3.48. The van der Waals surface area contributed by atoms with Crippen molar-refractivity contribution in [1.82, 2.24) is 10.3 Å². The summed E-state index contributed by atoms with van der Waals surface area (Å²) >= 11 is 1.76. The Morgan fingerprint density at radius 1 is 1.10 bits per heavy atom. The fraction of sp³-hybridized carbons (Fsp3) is 0.235. The molecule has 20 heavy (non-hydrogen) atoms. The van der Waals surface area contributed by atoms with Gasteiger partial charge in [0.25, 0.3) is 0 Å². The molecular weight excluding hydrogens is 264 g/mol. The fourth-order valence-corrected chi connectivity index (χ4v) is 3.13. The summed E-state index contributed by atoms with van der Waals surface area (Å²) in [5, 5.41) is 4.69. The predicted molar refractivity (Wildman–Crippen MR) is 86.1 cm³/mol. The fourth-order valence-electron chi connectivity index (χ4n) is 2.21. The van der Waals surface area contributed by atoms with Crippen LogP contribution in [-0.4, -0.2) is 4.98 Å². The Bertz CT molecular complexity index is 667. The summed E-state index contributed by atoms with van der Waals surface area (Å²) in [5.74, 6) is 0. The zero-order valence-corrected chi connectivity index (χ0v) is 12.6. The zero-order chi connectivity index (χ0) is 13.9. The highest BCUT2D eigenvalue weighted by atomic mass is 32.1. The number of thiazole rings is 1.